The minimum atomic E-state index is -0.318. The van der Waals surface area contributed by atoms with Crippen molar-refractivity contribution in [2.75, 3.05) is 23.4 Å². The zero-order valence-corrected chi connectivity index (χ0v) is 16.1. The number of thiazole rings is 1. The van der Waals surface area contributed by atoms with E-state index in [2.05, 4.69) is 10.3 Å². The van der Waals surface area contributed by atoms with Crippen LogP contribution in [0.5, 0.6) is 5.75 Å². The van der Waals surface area contributed by atoms with E-state index in [1.54, 1.807) is 6.07 Å². The van der Waals surface area contributed by atoms with Crippen molar-refractivity contribution < 1.29 is 13.9 Å². The van der Waals surface area contributed by atoms with Gasteiger partial charge in [-0.05, 0) is 24.3 Å². The number of amides is 1. The number of anilines is 1. The van der Waals surface area contributed by atoms with Gasteiger partial charge in [-0.15, -0.1) is 23.5 Å². The molecule has 0 aliphatic carbocycles. The van der Waals surface area contributed by atoms with Crippen LogP contribution in [0, 0.1) is 5.82 Å². The first kappa shape index (κ1) is 17.6. The number of ether oxygens (including phenoxy) is 1. The molecular formula is C18H15FN2O2S3. The summed E-state index contributed by atoms with van der Waals surface area (Å²) in [7, 11) is 0. The lowest BCUT2D eigenvalue weighted by molar-refractivity contribution is -0.118. The third kappa shape index (κ3) is 3.97. The summed E-state index contributed by atoms with van der Waals surface area (Å²) in [5.41, 5.74) is 1.77. The summed E-state index contributed by atoms with van der Waals surface area (Å²) < 4.78 is 20.1. The molecule has 2 aromatic carbocycles. The minimum absolute atomic E-state index is 0.0939. The predicted molar refractivity (Wildman–Crippen MR) is 108 cm³/mol. The fourth-order valence-corrected chi connectivity index (χ4v) is 6.41. The second-order valence-electron chi connectivity index (χ2n) is 5.58. The maximum absolute atomic E-state index is 13.3. The molecule has 134 valence electrons. The molecule has 1 amide bonds. The SMILES string of the molecule is O=C(COc1ccccc1C1SCCS1)Nc1nc2ccc(F)cc2s1. The number of carbonyl (C=O) groups excluding carboxylic acids is 1. The first-order valence-corrected chi connectivity index (χ1v) is 10.9. The molecule has 0 spiro atoms. The summed E-state index contributed by atoms with van der Waals surface area (Å²) >= 11 is 5.03. The molecule has 0 radical (unpaired) electrons. The van der Waals surface area contributed by atoms with E-state index in [4.69, 9.17) is 4.74 Å². The number of halogens is 1. The van der Waals surface area contributed by atoms with E-state index in [-0.39, 0.29) is 18.3 Å². The number of hydrogen-bond acceptors (Lipinski definition) is 6. The Morgan fingerprint density at radius 3 is 2.88 bits per heavy atom. The Balaban J connectivity index is 1.41. The second-order valence-corrected chi connectivity index (χ2v) is 9.33. The van der Waals surface area contributed by atoms with Crippen molar-refractivity contribution in [3.05, 3.63) is 53.8 Å². The summed E-state index contributed by atoms with van der Waals surface area (Å²) in [4.78, 5) is 16.5. The summed E-state index contributed by atoms with van der Waals surface area (Å²) in [5.74, 6) is 2.39. The molecule has 1 N–H and O–H groups in total. The van der Waals surface area contributed by atoms with E-state index in [1.165, 1.54) is 23.5 Å². The van der Waals surface area contributed by atoms with Crippen LogP contribution in [0.15, 0.2) is 42.5 Å². The highest BCUT2D eigenvalue weighted by Crippen LogP contribution is 2.48. The zero-order chi connectivity index (χ0) is 17.9. The normalized spacial score (nSPS) is 14.7. The molecule has 0 saturated carbocycles. The van der Waals surface area contributed by atoms with Crippen LogP contribution in [-0.4, -0.2) is 29.0 Å². The van der Waals surface area contributed by atoms with Gasteiger partial charge in [0.15, 0.2) is 11.7 Å². The van der Waals surface area contributed by atoms with Gasteiger partial charge in [-0.2, -0.15) is 0 Å². The molecule has 1 aliphatic rings. The van der Waals surface area contributed by atoms with E-state index in [0.717, 1.165) is 22.8 Å². The first-order valence-electron chi connectivity index (χ1n) is 8.00. The number of nitrogens with zero attached hydrogens (tertiary/aromatic N) is 1. The Morgan fingerprint density at radius 1 is 1.23 bits per heavy atom. The maximum atomic E-state index is 13.3. The van der Waals surface area contributed by atoms with Crippen LogP contribution >= 0.6 is 34.9 Å². The van der Waals surface area contributed by atoms with Crippen molar-refractivity contribution in [1.29, 1.82) is 0 Å². The predicted octanol–water partition coefficient (Wildman–Crippen LogP) is 4.93. The summed E-state index contributed by atoms with van der Waals surface area (Å²) in [6, 6.07) is 12.2. The number of carbonyl (C=O) groups is 1. The number of thioether (sulfide) groups is 2. The van der Waals surface area contributed by atoms with Gasteiger partial charge in [-0.3, -0.25) is 10.1 Å². The van der Waals surface area contributed by atoms with Gasteiger partial charge < -0.3 is 4.74 Å². The van der Waals surface area contributed by atoms with E-state index in [0.29, 0.717) is 19.9 Å². The highest BCUT2D eigenvalue weighted by molar-refractivity contribution is 8.19. The topological polar surface area (TPSA) is 51.2 Å². The third-order valence-electron chi connectivity index (χ3n) is 3.75. The fraction of sp³-hybridized carbons (Fsp3) is 0.222. The Kier molecular flexibility index (Phi) is 5.33. The van der Waals surface area contributed by atoms with Crippen LogP contribution in [0.2, 0.25) is 0 Å². The van der Waals surface area contributed by atoms with Crippen molar-refractivity contribution in [2.24, 2.45) is 0 Å². The minimum Gasteiger partial charge on any atom is -0.483 e. The van der Waals surface area contributed by atoms with Crippen molar-refractivity contribution in [3.8, 4) is 5.75 Å². The smallest absolute Gasteiger partial charge is 0.264 e. The molecule has 3 aromatic rings. The van der Waals surface area contributed by atoms with Gasteiger partial charge >= 0.3 is 0 Å². The van der Waals surface area contributed by atoms with E-state index >= 15 is 0 Å². The Labute approximate surface area is 162 Å². The molecule has 1 fully saturated rings. The van der Waals surface area contributed by atoms with Crippen molar-refractivity contribution in [2.45, 2.75) is 4.58 Å². The average Bonchev–Trinajstić information content (AvgIpc) is 3.29. The van der Waals surface area contributed by atoms with Gasteiger partial charge in [0, 0.05) is 17.1 Å². The number of aromatic nitrogens is 1. The maximum Gasteiger partial charge on any atom is 0.264 e. The third-order valence-corrected chi connectivity index (χ3v) is 7.75. The molecule has 0 bridgehead atoms. The quantitative estimate of drug-likeness (QED) is 0.651. The van der Waals surface area contributed by atoms with Crippen LogP contribution in [0.3, 0.4) is 0 Å². The molecule has 0 atom stereocenters. The van der Waals surface area contributed by atoms with Crippen LogP contribution in [0.25, 0.3) is 10.2 Å². The molecule has 1 aliphatic heterocycles. The van der Waals surface area contributed by atoms with Crippen molar-refractivity contribution >= 4 is 56.1 Å². The number of benzene rings is 2. The molecule has 0 unspecified atom stereocenters. The number of fused-ring (bicyclic) bond motifs is 1. The van der Waals surface area contributed by atoms with E-state index < -0.39 is 0 Å². The average molecular weight is 407 g/mol. The molecule has 26 heavy (non-hydrogen) atoms. The van der Waals surface area contributed by atoms with Gasteiger partial charge in [-0.1, -0.05) is 29.5 Å². The van der Waals surface area contributed by atoms with Gasteiger partial charge in [0.1, 0.15) is 11.6 Å². The number of nitrogens with one attached hydrogen (secondary N) is 1. The van der Waals surface area contributed by atoms with Gasteiger partial charge in [0.05, 0.1) is 14.8 Å². The molecule has 4 rings (SSSR count). The lowest BCUT2D eigenvalue weighted by Gasteiger charge is -2.14. The van der Waals surface area contributed by atoms with E-state index in [9.17, 15) is 9.18 Å². The molecule has 2 heterocycles. The lowest BCUT2D eigenvalue weighted by atomic mass is 10.2. The van der Waals surface area contributed by atoms with Crippen LogP contribution in [0.4, 0.5) is 9.52 Å². The standard InChI is InChI=1S/C18H15FN2O2S3/c19-11-5-6-13-15(9-11)26-18(20-13)21-16(22)10-23-14-4-2-1-3-12(14)17-24-7-8-25-17/h1-6,9,17H,7-8,10H2,(H,20,21,22). The molecular weight excluding hydrogens is 391 g/mol. The van der Waals surface area contributed by atoms with Gasteiger partial charge in [-0.25, -0.2) is 9.37 Å². The summed E-state index contributed by atoms with van der Waals surface area (Å²) in [6.45, 7) is -0.0939. The largest absolute Gasteiger partial charge is 0.483 e. The number of para-hydroxylation sites is 1. The molecule has 4 nitrogen and oxygen atoms in total. The molecule has 1 aromatic heterocycles. The van der Waals surface area contributed by atoms with Gasteiger partial charge in [0.25, 0.3) is 5.91 Å². The Bertz CT molecular complexity index is 941. The Morgan fingerprint density at radius 2 is 2.04 bits per heavy atom. The van der Waals surface area contributed by atoms with Crippen LogP contribution < -0.4 is 10.1 Å². The number of hydrogen-bond donors (Lipinski definition) is 1. The van der Waals surface area contributed by atoms with Crippen LogP contribution in [-0.2, 0) is 4.79 Å². The van der Waals surface area contributed by atoms with Crippen molar-refractivity contribution in [3.63, 3.8) is 0 Å². The lowest BCUT2D eigenvalue weighted by Crippen LogP contribution is -2.20. The Hall–Kier alpha value is -1.77. The van der Waals surface area contributed by atoms with Gasteiger partial charge in [0.2, 0.25) is 0 Å². The molecule has 1 saturated heterocycles. The molecule has 8 heteroatoms. The second kappa shape index (κ2) is 7.85. The summed E-state index contributed by atoms with van der Waals surface area (Å²) in [5, 5.41) is 3.16. The zero-order valence-electron chi connectivity index (χ0n) is 13.6. The highest BCUT2D eigenvalue weighted by Gasteiger charge is 2.22. The number of rotatable bonds is 5. The highest BCUT2D eigenvalue weighted by atomic mass is 32.2. The summed E-state index contributed by atoms with van der Waals surface area (Å²) in [6.07, 6.45) is 0. The van der Waals surface area contributed by atoms with Crippen LogP contribution in [0.1, 0.15) is 10.1 Å². The monoisotopic (exact) mass is 406 g/mol. The fourth-order valence-electron chi connectivity index (χ4n) is 2.60. The van der Waals surface area contributed by atoms with Crippen molar-refractivity contribution in [1.82, 2.24) is 4.98 Å². The van der Waals surface area contributed by atoms with E-state index in [1.807, 2.05) is 47.8 Å². The first-order chi connectivity index (χ1) is 12.7.